The van der Waals surface area contributed by atoms with Gasteiger partial charge in [0.1, 0.15) is 12.4 Å². The van der Waals surface area contributed by atoms with Crippen molar-refractivity contribution in [3.8, 4) is 17.6 Å². The number of rotatable bonds is 5. The van der Waals surface area contributed by atoms with E-state index >= 15 is 0 Å². The zero-order valence-corrected chi connectivity index (χ0v) is 17.8. The largest absolute Gasteiger partial charge is 0.481 e. The van der Waals surface area contributed by atoms with Crippen molar-refractivity contribution in [2.24, 2.45) is 0 Å². The molecule has 2 saturated heterocycles. The topological polar surface area (TPSA) is 104 Å². The lowest BCUT2D eigenvalue weighted by Gasteiger charge is -2.39. The lowest BCUT2D eigenvalue weighted by molar-refractivity contribution is -0.141. The summed E-state index contributed by atoms with van der Waals surface area (Å²) >= 11 is 0. The summed E-state index contributed by atoms with van der Waals surface area (Å²) in [6.45, 7) is 3.44. The first-order valence-corrected chi connectivity index (χ1v) is 11.4. The molecule has 0 radical (unpaired) electrons. The van der Waals surface area contributed by atoms with Gasteiger partial charge in [-0.25, -0.2) is 13.2 Å². The smallest absolute Gasteiger partial charge is 0.325 e. The number of sulfone groups is 1. The van der Waals surface area contributed by atoms with Gasteiger partial charge in [0.05, 0.1) is 4.90 Å². The van der Waals surface area contributed by atoms with Gasteiger partial charge in [-0.05, 0) is 56.9 Å². The molecule has 9 heteroatoms. The molecule has 8 nitrogen and oxygen atoms in total. The number of carbonyl (C=O) groups excluding carboxylic acids is 1. The third-order valence-corrected chi connectivity index (χ3v) is 8.25. The number of likely N-dealkylation sites (tertiary alicyclic amines) is 2. The molecule has 2 aliphatic heterocycles. The van der Waals surface area contributed by atoms with Crippen molar-refractivity contribution in [3.63, 3.8) is 0 Å². The van der Waals surface area contributed by atoms with Gasteiger partial charge in [-0.1, -0.05) is 5.92 Å². The van der Waals surface area contributed by atoms with Gasteiger partial charge in [0.15, 0.2) is 14.6 Å². The second-order valence-electron chi connectivity index (χ2n) is 7.45. The molecule has 30 heavy (non-hydrogen) atoms. The molecule has 2 aliphatic rings. The van der Waals surface area contributed by atoms with Crippen molar-refractivity contribution >= 4 is 21.8 Å². The molecule has 0 spiro atoms. The maximum absolute atomic E-state index is 13.3. The number of ether oxygens (including phenoxy) is 1. The van der Waals surface area contributed by atoms with Crippen molar-refractivity contribution in [2.75, 3.05) is 32.8 Å². The highest BCUT2D eigenvalue weighted by atomic mass is 32.2. The van der Waals surface area contributed by atoms with Gasteiger partial charge >= 0.3 is 12.0 Å². The highest BCUT2D eigenvalue weighted by molar-refractivity contribution is 7.93. The standard InChI is InChI=1S/C21H26N2O6S/c1-2-3-16-29-17-6-8-18(9-7-17)30(27,28)21(19(24)25)10-14-23(15-11-21)20(26)22-12-4-5-13-22/h6-9H,4-5,10-16H2,1H3,(H,24,25). The Morgan fingerprint density at radius 1 is 1.07 bits per heavy atom. The average molecular weight is 435 g/mol. The molecule has 0 unspecified atom stereocenters. The van der Waals surface area contributed by atoms with Crippen molar-refractivity contribution < 1.29 is 27.9 Å². The third kappa shape index (κ3) is 4.10. The third-order valence-electron chi connectivity index (χ3n) is 5.74. The van der Waals surface area contributed by atoms with E-state index in [0.717, 1.165) is 12.8 Å². The molecule has 0 atom stereocenters. The minimum absolute atomic E-state index is 0.0712. The van der Waals surface area contributed by atoms with Gasteiger partial charge in [0, 0.05) is 26.2 Å². The first-order chi connectivity index (χ1) is 14.3. The number of benzene rings is 1. The number of aliphatic carboxylic acids is 1. The average Bonchev–Trinajstić information content (AvgIpc) is 3.28. The van der Waals surface area contributed by atoms with Crippen LogP contribution in [0, 0.1) is 11.8 Å². The Morgan fingerprint density at radius 2 is 1.63 bits per heavy atom. The van der Waals surface area contributed by atoms with E-state index in [-0.39, 0.29) is 43.5 Å². The summed E-state index contributed by atoms with van der Waals surface area (Å²) in [4.78, 5) is 27.9. The number of hydrogen-bond acceptors (Lipinski definition) is 5. The number of carboxylic acids is 1. The van der Waals surface area contributed by atoms with Crippen LogP contribution in [-0.2, 0) is 14.6 Å². The van der Waals surface area contributed by atoms with E-state index in [2.05, 4.69) is 11.8 Å². The molecule has 1 aromatic rings. The van der Waals surface area contributed by atoms with Gasteiger partial charge < -0.3 is 19.6 Å². The number of hydrogen-bond donors (Lipinski definition) is 1. The summed E-state index contributed by atoms with van der Waals surface area (Å²) in [5.41, 5.74) is 0. The summed E-state index contributed by atoms with van der Waals surface area (Å²) in [5, 5.41) is 9.89. The van der Waals surface area contributed by atoms with E-state index in [0.29, 0.717) is 18.8 Å². The van der Waals surface area contributed by atoms with Crippen LogP contribution in [0.25, 0.3) is 0 Å². The molecule has 0 bridgehead atoms. The highest BCUT2D eigenvalue weighted by Crippen LogP contribution is 2.37. The molecule has 3 rings (SSSR count). The van der Waals surface area contributed by atoms with Gasteiger partial charge in [0.25, 0.3) is 0 Å². The Labute approximate surface area is 176 Å². The van der Waals surface area contributed by atoms with Crippen LogP contribution in [0.4, 0.5) is 4.79 Å². The first kappa shape index (κ1) is 22.0. The maximum Gasteiger partial charge on any atom is 0.325 e. The molecule has 0 saturated carbocycles. The predicted molar refractivity (Wildman–Crippen MR) is 110 cm³/mol. The van der Waals surface area contributed by atoms with Crippen molar-refractivity contribution in [1.82, 2.24) is 9.80 Å². The van der Waals surface area contributed by atoms with Crippen LogP contribution in [0.3, 0.4) is 0 Å². The number of amides is 2. The Kier molecular flexibility index (Phi) is 6.56. The Balaban J connectivity index is 1.77. The van der Waals surface area contributed by atoms with Gasteiger partial charge in [-0.2, -0.15) is 0 Å². The summed E-state index contributed by atoms with van der Waals surface area (Å²) in [7, 11) is -4.17. The SMILES string of the molecule is CC#CCOc1ccc(S(=O)(=O)C2(C(=O)O)CCN(C(=O)N3CCCC3)CC2)cc1. The fourth-order valence-corrected chi connectivity index (χ4v) is 5.79. The Hall–Kier alpha value is -2.73. The fourth-order valence-electron chi connectivity index (χ4n) is 3.90. The zero-order chi connectivity index (χ0) is 21.8. The Bertz CT molecular complexity index is 947. The van der Waals surface area contributed by atoms with Crippen LogP contribution in [-0.4, -0.2) is 72.9 Å². The second kappa shape index (κ2) is 8.96. The summed E-state index contributed by atoms with van der Waals surface area (Å²) in [5.74, 6) is 4.51. The number of piperidine rings is 1. The molecule has 0 aromatic heterocycles. The van der Waals surface area contributed by atoms with Crippen LogP contribution < -0.4 is 4.74 Å². The normalized spacial score (nSPS) is 18.4. The van der Waals surface area contributed by atoms with Crippen molar-refractivity contribution in [3.05, 3.63) is 24.3 Å². The number of carboxylic acid groups (broad SMARTS) is 1. The lowest BCUT2D eigenvalue weighted by Crippen LogP contribution is -2.56. The van der Waals surface area contributed by atoms with E-state index in [1.165, 1.54) is 24.3 Å². The van der Waals surface area contributed by atoms with Crippen LogP contribution in [0.2, 0.25) is 0 Å². The van der Waals surface area contributed by atoms with E-state index in [1.807, 2.05) is 0 Å². The molecule has 2 amide bonds. The molecule has 0 aliphatic carbocycles. The predicted octanol–water partition coefficient (Wildman–Crippen LogP) is 2.00. The monoisotopic (exact) mass is 434 g/mol. The van der Waals surface area contributed by atoms with Crippen molar-refractivity contribution in [2.45, 2.75) is 42.2 Å². The van der Waals surface area contributed by atoms with Crippen LogP contribution in [0.5, 0.6) is 5.75 Å². The van der Waals surface area contributed by atoms with Crippen LogP contribution in [0.15, 0.2) is 29.2 Å². The second-order valence-corrected chi connectivity index (χ2v) is 9.71. The quantitative estimate of drug-likeness (QED) is 0.711. The lowest BCUT2D eigenvalue weighted by atomic mass is 9.96. The summed E-state index contributed by atoms with van der Waals surface area (Å²) < 4.78 is 30.0. The summed E-state index contributed by atoms with van der Waals surface area (Å²) in [6.07, 6.45) is 1.62. The molecule has 2 heterocycles. The number of nitrogens with zero attached hydrogens (tertiary/aromatic N) is 2. The Morgan fingerprint density at radius 3 is 2.17 bits per heavy atom. The maximum atomic E-state index is 13.3. The minimum atomic E-state index is -4.17. The van der Waals surface area contributed by atoms with Gasteiger partial charge in [-0.3, -0.25) is 4.79 Å². The summed E-state index contributed by atoms with van der Waals surface area (Å²) in [6, 6.07) is 5.56. The number of carbonyl (C=O) groups is 2. The van der Waals surface area contributed by atoms with Gasteiger partial charge in [-0.15, -0.1) is 5.92 Å². The van der Waals surface area contributed by atoms with E-state index in [1.54, 1.807) is 16.7 Å². The molecule has 1 N–H and O–H groups in total. The first-order valence-electron chi connectivity index (χ1n) is 9.96. The van der Waals surface area contributed by atoms with E-state index in [4.69, 9.17) is 4.74 Å². The van der Waals surface area contributed by atoms with Gasteiger partial charge in [0.2, 0.25) is 0 Å². The molecule has 1 aromatic carbocycles. The van der Waals surface area contributed by atoms with E-state index < -0.39 is 20.6 Å². The molecule has 162 valence electrons. The fraction of sp³-hybridized carbons (Fsp3) is 0.524. The number of urea groups is 1. The molecular formula is C21H26N2O6S. The minimum Gasteiger partial charge on any atom is -0.481 e. The van der Waals surface area contributed by atoms with Crippen LogP contribution >= 0.6 is 0 Å². The highest BCUT2D eigenvalue weighted by Gasteiger charge is 2.54. The zero-order valence-electron chi connectivity index (χ0n) is 17.0. The van der Waals surface area contributed by atoms with Crippen molar-refractivity contribution in [1.29, 1.82) is 0 Å². The van der Waals surface area contributed by atoms with Crippen LogP contribution in [0.1, 0.15) is 32.6 Å². The van der Waals surface area contributed by atoms with E-state index in [9.17, 15) is 23.1 Å². The molecule has 2 fully saturated rings. The molecular weight excluding hydrogens is 408 g/mol.